The van der Waals surface area contributed by atoms with Gasteiger partial charge in [0.1, 0.15) is 0 Å². The summed E-state index contributed by atoms with van der Waals surface area (Å²) < 4.78 is 0. The molecule has 2 aromatic carbocycles. The molecule has 0 unspecified atom stereocenters. The van der Waals surface area contributed by atoms with Crippen molar-refractivity contribution in [1.29, 1.82) is 0 Å². The van der Waals surface area contributed by atoms with Gasteiger partial charge in [0.25, 0.3) is 5.69 Å². The smallest absolute Gasteiger partial charge is 0.269 e. The van der Waals surface area contributed by atoms with Crippen LogP contribution in [0, 0.1) is 24.0 Å². The Labute approximate surface area is 118 Å². The Morgan fingerprint density at radius 2 is 1.50 bits per heavy atom. The van der Waals surface area contributed by atoms with Crippen LogP contribution in [0.1, 0.15) is 22.3 Å². The topological polar surface area (TPSA) is 55.2 Å². The fraction of sp³-hybridized carbons (Fsp3) is 0.250. The minimum absolute atomic E-state index is 0.128. The monoisotopic (exact) mass is 270 g/mol. The van der Waals surface area contributed by atoms with Crippen LogP contribution in [-0.2, 0) is 13.1 Å². The molecule has 0 aromatic heterocycles. The van der Waals surface area contributed by atoms with E-state index in [0.29, 0.717) is 6.54 Å². The van der Waals surface area contributed by atoms with Crippen molar-refractivity contribution >= 4 is 5.69 Å². The normalized spacial score (nSPS) is 10.5. The summed E-state index contributed by atoms with van der Waals surface area (Å²) in [4.78, 5) is 10.2. The quantitative estimate of drug-likeness (QED) is 0.668. The van der Waals surface area contributed by atoms with Gasteiger partial charge in [-0.15, -0.1) is 0 Å². The number of nitro groups is 1. The fourth-order valence-corrected chi connectivity index (χ4v) is 2.26. The van der Waals surface area contributed by atoms with Crippen LogP contribution in [0.15, 0.2) is 42.5 Å². The van der Waals surface area contributed by atoms with Gasteiger partial charge in [0.2, 0.25) is 0 Å². The molecule has 4 heteroatoms. The van der Waals surface area contributed by atoms with E-state index in [9.17, 15) is 10.1 Å². The van der Waals surface area contributed by atoms with Crippen molar-refractivity contribution < 1.29 is 4.92 Å². The summed E-state index contributed by atoms with van der Waals surface area (Å²) in [5.74, 6) is 0. The van der Waals surface area contributed by atoms with E-state index in [1.165, 1.54) is 28.8 Å². The molecule has 0 saturated carbocycles. The number of non-ortho nitro benzene ring substituents is 1. The van der Waals surface area contributed by atoms with Crippen LogP contribution < -0.4 is 5.32 Å². The Morgan fingerprint density at radius 3 is 2.05 bits per heavy atom. The minimum Gasteiger partial charge on any atom is -0.309 e. The lowest BCUT2D eigenvalue weighted by molar-refractivity contribution is -0.384. The lowest BCUT2D eigenvalue weighted by Gasteiger charge is -2.07. The first-order valence-electron chi connectivity index (χ1n) is 6.56. The van der Waals surface area contributed by atoms with Crippen molar-refractivity contribution in [2.45, 2.75) is 26.9 Å². The molecule has 0 saturated heterocycles. The maximum atomic E-state index is 10.6. The van der Waals surface area contributed by atoms with Crippen LogP contribution in [0.5, 0.6) is 0 Å². The third kappa shape index (κ3) is 3.90. The van der Waals surface area contributed by atoms with Crippen LogP contribution >= 0.6 is 0 Å². The molecule has 20 heavy (non-hydrogen) atoms. The van der Waals surface area contributed by atoms with Crippen molar-refractivity contribution in [2.75, 3.05) is 0 Å². The number of nitro benzene ring substituents is 1. The van der Waals surface area contributed by atoms with Crippen LogP contribution in [0.2, 0.25) is 0 Å². The summed E-state index contributed by atoms with van der Waals surface area (Å²) in [5, 5.41) is 13.9. The average Bonchev–Trinajstić information content (AvgIpc) is 2.38. The highest BCUT2D eigenvalue weighted by molar-refractivity contribution is 5.33. The molecule has 4 nitrogen and oxygen atoms in total. The molecule has 1 N–H and O–H groups in total. The number of aryl methyl sites for hydroxylation is 2. The van der Waals surface area contributed by atoms with E-state index in [1.54, 1.807) is 12.1 Å². The van der Waals surface area contributed by atoms with Crippen molar-refractivity contribution in [1.82, 2.24) is 5.32 Å². The van der Waals surface area contributed by atoms with Gasteiger partial charge < -0.3 is 5.32 Å². The van der Waals surface area contributed by atoms with E-state index in [2.05, 4.69) is 37.4 Å². The first-order valence-corrected chi connectivity index (χ1v) is 6.56. The van der Waals surface area contributed by atoms with Gasteiger partial charge in [-0.05, 0) is 25.0 Å². The van der Waals surface area contributed by atoms with Gasteiger partial charge in [-0.1, -0.05) is 41.5 Å². The number of benzene rings is 2. The zero-order valence-electron chi connectivity index (χ0n) is 11.7. The van der Waals surface area contributed by atoms with Crippen LogP contribution in [0.25, 0.3) is 0 Å². The first kappa shape index (κ1) is 14.2. The van der Waals surface area contributed by atoms with E-state index < -0.39 is 0 Å². The first-order chi connectivity index (χ1) is 9.54. The minimum atomic E-state index is -0.382. The summed E-state index contributed by atoms with van der Waals surface area (Å²) in [6, 6.07) is 13.1. The van der Waals surface area contributed by atoms with Crippen molar-refractivity contribution in [3.8, 4) is 0 Å². The maximum Gasteiger partial charge on any atom is 0.269 e. The largest absolute Gasteiger partial charge is 0.309 e. The van der Waals surface area contributed by atoms with E-state index in [0.717, 1.165) is 12.1 Å². The molecule has 0 radical (unpaired) electrons. The Kier molecular flexibility index (Phi) is 4.48. The molecule has 0 spiro atoms. The van der Waals surface area contributed by atoms with E-state index in [4.69, 9.17) is 0 Å². The summed E-state index contributed by atoms with van der Waals surface area (Å²) in [5.41, 5.74) is 4.95. The summed E-state index contributed by atoms with van der Waals surface area (Å²) in [6.45, 7) is 5.67. The highest BCUT2D eigenvalue weighted by atomic mass is 16.6. The van der Waals surface area contributed by atoms with E-state index >= 15 is 0 Å². The molecule has 0 amide bonds. The Hall–Kier alpha value is -2.20. The molecule has 2 aromatic rings. The molecular formula is C16H18N2O2. The molecule has 0 atom stereocenters. The predicted molar refractivity (Wildman–Crippen MR) is 79.6 cm³/mol. The average molecular weight is 270 g/mol. The number of hydrogen-bond donors (Lipinski definition) is 1. The number of nitrogens with one attached hydrogen (secondary N) is 1. The number of rotatable bonds is 5. The van der Waals surface area contributed by atoms with Gasteiger partial charge >= 0.3 is 0 Å². The number of hydrogen-bond acceptors (Lipinski definition) is 3. The fourth-order valence-electron chi connectivity index (χ4n) is 2.26. The SMILES string of the molecule is Cc1cc(C)cc(CNCc2ccc([N+](=O)[O-])cc2)c1. The Morgan fingerprint density at radius 1 is 0.950 bits per heavy atom. The zero-order chi connectivity index (χ0) is 14.5. The van der Waals surface area contributed by atoms with Crippen molar-refractivity contribution in [2.24, 2.45) is 0 Å². The highest BCUT2D eigenvalue weighted by Gasteiger charge is 2.03. The molecule has 0 aliphatic rings. The lowest BCUT2D eigenvalue weighted by atomic mass is 10.1. The molecular weight excluding hydrogens is 252 g/mol. The highest BCUT2D eigenvalue weighted by Crippen LogP contribution is 2.12. The van der Waals surface area contributed by atoms with Gasteiger partial charge in [-0.25, -0.2) is 0 Å². The second-order valence-electron chi connectivity index (χ2n) is 5.02. The van der Waals surface area contributed by atoms with Crippen LogP contribution in [-0.4, -0.2) is 4.92 Å². The molecule has 2 rings (SSSR count). The molecule has 0 aliphatic carbocycles. The van der Waals surface area contributed by atoms with Gasteiger partial charge in [-0.3, -0.25) is 10.1 Å². The molecule has 0 aliphatic heterocycles. The predicted octanol–water partition coefficient (Wildman–Crippen LogP) is 3.50. The third-order valence-electron chi connectivity index (χ3n) is 3.09. The second-order valence-corrected chi connectivity index (χ2v) is 5.02. The van der Waals surface area contributed by atoms with Gasteiger partial charge in [-0.2, -0.15) is 0 Å². The number of nitrogens with zero attached hydrogens (tertiary/aromatic N) is 1. The van der Waals surface area contributed by atoms with Gasteiger partial charge in [0.15, 0.2) is 0 Å². The summed E-state index contributed by atoms with van der Waals surface area (Å²) in [6.07, 6.45) is 0. The molecule has 0 heterocycles. The standard InChI is InChI=1S/C16H18N2O2/c1-12-7-13(2)9-15(8-12)11-17-10-14-3-5-16(6-4-14)18(19)20/h3-9,17H,10-11H2,1-2H3. The Bertz CT molecular complexity index is 586. The third-order valence-corrected chi connectivity index (χ3v) is 3.09. The molecule has 104 valence electrons. The van der Waals surface area contributed by atoms with Gasteiger partial charge in [0.05, 0.1) is 4.92 Å². The lowest BCUT2D eigenvalue weighted by Crippen LogP contribution is -2.12. The van der Waals surface area contributed by atoms with Crippen LogP contribution in [0.4, 0.5) is 5.69 Å². The van der Waals surface area contributed by atoms with E-state index in [-0.39, 0.29) is 10.6 Å². The Balaban J connectivity index is 1.90. The van der Waals surface area contributed by atoms with Crippen molar-refractivity contribution in [3.63, 3.8) is 0 Å². The van der Waals surface area contributed by atoms with Crippen LogP contribution in [0.3, 0.4) is 0 Å². The molecule has 0 fully saturated rings. The second kappa shape index (κ2) is 6.30. The molecule has 0 bridgehead atoms. The summed E-state index contributed by atoms with van der Waals surface area (Å²) in [7, 11) is 0. The van der Waals surface area contributed by atoms with E-state index in [1.807, 2.05) is 0 Å². The van der Waals surface area contributed by atoms with Crippen molar-refractivity contribution in [3.05, 3.63) is 74.8 Å². The maximum absolute atomic E-state index is 10.6. The zero-order valence-corrected chi connectivity index (χ0v) is 11.7. The summed E-state index contributed by atoms with van der Waals surface area (Å²) >= 11 is 0. The van der Waals surface area contributed by atoms with Gasteiger partial charge in [0, 0.05) is 25.2 Å².